The minimum Gasteiger partial charge on any atom is -0.496 e. The number of methoxy groups -OCH3 is 1. The molecular formula is C12H16OS. The third kappa shape index (κ3) is 1.76. The van der Waals surface area contributed by atoms with E-state index in [0.29, 0.717) is 0 Å². The fourth-order valence-corrected chi connectivity index (χ4v) is 2.59. The third-order valence-corrected chi connectivity index (χ3v) is 3.33. The van der Waals surface area contributed by atoms with E-state index in [2.05, 4.69) is 12.1 Å². The highest BCUT2D eigenvalue weighted by molar-refractivity contribution is 7.99. The first-order chi connectivity index (χ1) is 7.49. The lowest BCUT2D eigenvalue weighted by atomic mass is 10.1. The molecule has 2 rings (SSSR count). The van der Waals surface area contributed by atoms with Crippen LogP contribution in [-0.4, -0.2) is 12.8 Å². The number of thioether (sulfide) groups is 1. The number of fused-ring (bicyclic) bond motifs is 1. The maximum absolute atomic E-state index is 7.61. The Morgan fingerprint density at radius 1 is 1.57 bits per heavy atom. The second kappa shape index (κ2) is 4.26. The van der Waals surface area contributed by atoms with Gasteiger partial charge in [0, 0.05) is 7.64 Å². The van der Waals surface area contributed by atoms with E-state index in [1.54, 1.807) is 14.0 Å². The first-order valence-corrected chi connectivity index (χ1v) is 5.70. The standard InChI is InChI=1S/C12H16OS/c1-3-14-12-8-10-6-4-5-9(10)7-11(12)13-2/h7-8H,3-6H2,1-2H3/i3DH/t3-/m1/s1. The first-order valence-electron chi connectivity index (χ1n) is 5.88. The monoisotopic (exact) mass is 209 g/mol. The first kappa shape index (κ1) is 7.63. The Balaban J connectivity index is 2.36. The van der Waals surface area contributed by atoms with Crippen LogP contribution in [0.2, 0.25) is 0 Å². The zero-order valence-corrected chi connectivity index (χ0v) is 9.41. The lowest BCUT2D eigenvalue weighted by Crippen LogP contribution is -1.91. The summed E-state index contributed by atoms with van der Waals surface area (Å²) in [5, 5.41) is 0. The van der Waals surface area contributed by atoms with Gasteiger partial charge in [-0.1, -0.05) is 6.92 Å². The highest BCUT2D eigenvalue weighted by atomic mass is 32.2. The molecule has 1 nitrogen and oxygen atoms in total. The van der Waals surface area contributed by atoms with Crippen molar-refractivity contribution in [1.29, 1.82) is 0 Å². The topological polar surface area (TPSA) is 9.23 Å². The van der Waals surface area contributed by atoms with Crippen molar-refractivity contribution >= 4 is 11.8 Å². The van der Waals surface area contributed by atoms with Crippen molar-refractivity contribution in [2.75, 3.05) is 12.8 Å². The van der Waals surface area contributed by atoms with Crippen LogP contribution in [0.5, 0.6) is 5.75 Å². The molecule has 1 aromatic rings. The Morgan fingerprint density at radius 2 is 2.29 bits per heavy atom. The molecule has 14 heavy (non-hydrogen) atoms. The molecule has 0 heterocycles. The summed E-state index contributed by atoms with van der Waals surface area (Å²) in [6.45, 7) is 1.57. The van der Waals surface area contributed by atoms with Crippen LogP contribution in [0.4, 0.5) is 0 Å². The minimum atomic E-state index is -1.26. The number of hydrogen-bond donors (Lipinski definition) is 0. The largest absolute Gasteiger partial charge is 0.496 e. The molecule has 0 aromatic heterocycles. The third-order valence-electron chi connectivity index (χ3n) is 2.59. The van der Waals surface area contributed by atoms with E-state index >= 15 is 0 Å². The predicted octanol–water partition coefficient (Wildman–Crippen LogP) is 3.30. The predicted molar refractivity (Wildman–Crippen MR) is 61.4 cm³/mol. The van der Waals surface area contributed by atoms with Gasteiger partial charge < -0.3 is 4.74 Å². The number of rotatable bonds is 3. The summed E-state index contributed by atoms with van der Waals surface area (Å²) in [5.41, 5.74) is 1.45. The molecule has 0 N–H and O–H groups in total. The van der Waals surface area contributed by atoms with E-state index in [0.717, 1.165) is 23.5 Å². The summed E-state index contributed by atoms with van der Waals surface area (Å²) in [4.78, 5) is 0.913. The SMILES string of the molecule is [1H][C@@]([2H])(C)Sc1cc2c(cc1OC)CCC2. The van der Waals surface area contributed by atoms with Gasteiger partial charge in [0.25, 0.3) is 0 Å². The molecule has 0 saturated heterocycles. The average molecular weight is 209 g/mol. The van der Waals surface area contributed by atoms with Gasteiger partial charge in [0.1, 0.15) is 5.75 Å². The lowest BCUT2D eigenvalue weighted by Gasteiger charge is -2.10. The zero-order chi connectivity index (χ0) is 11.8. The van der Waals surface area contributed by atoms with Gasteiger partial charge in [-0.3, -0.25) is 0 Å². The number of aryl methyl sites for hydroxylation is 2. The Morgan fingerprint density at radius 3 is 2.93 bits per heavy atom. The van der Waals surface area contributed by atoms with Crippen LogP contribution >= 0.6 is 11.8 Å². The van der Waals surface area contributed by atoms with Crippen LogP contribution in [-0.2, 0) is 12.8 Å². The van der Waals surface area contributed by atoms with Gasteiger partial charge in [-0.2, -0.15) is 0 Å². The summed E-state index contributed by atoms with van der Waals surface area (Å²) in [6.07, 6.45) is 3.43. The molecule has 0 amide bonds. The highest BCUT2D eigenvalue weighted by Gasteiger charge is 2.14. The normalized spacial score (nSPS) is 20.7. The quantitative estimate of drug-likeness (QED) is 0.706. The summed E-state index contributed by atoms with van der Waals surface area (Å²) in [5.74, 6) is 0.802. The molecule has 0 bridgehead atoms. The Hall–Kier alpha value is -0.630. The van der Waals surface area contributed by atoms with Gasteiger partial charge in [-0.25, -0.2) is 0 Å². The molecule has 1 aliphatic carbocycles. The fourth-order valence-electron chi connectivity index (χ4n) is 1.93. The Labute approximate surface area is 92.7 Å². The smallest absolute Gasteiger partial charge is 0.132 e. The molecule has 0 radical (unpaired) electrons. The molecule has 2 heteroatoms. The van der Waals surface area contributed by atoms with Gasteiger partial charge >= 0.3 is 0 Å². The zero-order valence-electron chi connectivity index (χ0n) is 10.6. The fraction of sp³-hybridized carbons (Fsp3) is 0.500. The Bertz CT molecular complexity index is 399. The second-order valence-electron chi connectivity index (χ2n) is 3.43. The highest BCUT2D eigenvalue weighted by Crippen LogP contribution is 2.35. The number of ether oxygens (including phenoxy) is 1. The molecule has 0 saturated carbocycles. The van der Waals surface area contributed by atoms with Gasteiger partial charge in [-0.15, -0.1) is 11.8 Å². The molecule has 1 aliphatic rings. The molecule has 76 valence electrons. The summed E-state index contributed by atoms with van der Waals surface area (Å²) < 4.78 is 20.6. The van der Waals surface area contributed by atoms with E-state index in [4.69, 9.17) is 7.48 Å². The van der Waals surface area contributed by atoms with Crippen molar-refractivity contribution in [1.82, 2.24) is 0 Å². The van der Waals surface area contributed by atoms with Gasteiger partial charge in [-0.05, 0) is 48.2 Å². The van der Waals surface area contributed by atoms with Crippen molar-refractivity contribution in [3.05, 3.63) is 23.3 Å². The van der Waals surface area contributed by atoms with Crippen LogP contribution in [0.1, 0.15) is 27.2 Å². The van der Waals surface area contributed by atoms with E-state index in [9.17, 15) is 0 Å². The van der Waals surface area contributed by atoms with E-state index < -0.39 is 5.70 Å². The van der Waals surface area contributed by atoms with Crippen LogP contribution < -0.4 is 4.74 Å². The maximum Gasteiger partial charge on any atom is 0.132 e. The molecule has 0 spiro atoms. The van der Waals surface area contributed by atoms with Crippen LogP contribution in [0.25, 0.3) is 0 Å². The van der Waals surface area contributed by atoms with Crippen molar-refractivity contribution in [3.8, 4) is 5.75 Å². The van der Waals surface area contributed by atoms with Crippen molar-refractivity contribution in [2.45, 2.75) is 31.1 Å². The molecule has 1 aromatic carbocycles. The second-order valence-corrected chi connectivity index (χ2v) is 4.48. The van der Waals surface area contributed by atoms with Gasteiger partial charge in [0.05, 0.1) is 7.11 Å². The molecule has 0 fully saturated rings. The van der Waals surface area contributed by atoms with E-state index in [1.165, 1.54) is 29.3 Å². The summed E-state index contributed by atoms with van der Waals surface area (Å²) in [7, 11) is 1.64. The van der Waals surface area contributed by atoms with Crippen LogP contribution in [0.15, 0.2) is 17.0 Å². The number of benzene rings is 1. The maximum atomic E-state index is 7.61. The summed E-state index contributed by atoms with van der Waals surface area (Å²) in [6, 6.07) is 4.16. The average Bonchev–Trinajstić information content (AvgIpc) is 2.60. The molecule has 0 aliphatic heterocycles. The molecule has 0 unspecified atom stereocenters. The van der Waals surface area contributed by atoms with E-state index in [1.807, 2.05) is 0 Å². The van der Waals surface area contributed by atoms with Gasteiger partial charge in [0.15, 0.2) is 0 Å². The van der Waals surface area contributed by atoms with E-state index in [-0.39, 0.29) is 0 Å². The van der Waals surface area contributed by atoms with Crippen LogP contribution in [0.3, 0.4) is 0 Å². The Kier molecular flexibility index (Phi) is 2.32. The minimum absolute atomic E-state index is 0.802. The molecular weight excluding hydrogens is 192 g/mol. The lowest BCUT2D eigenvalue weighted by molar-refractivity contribution is 0.404. The van der Waals surface area contributed by atoms with Gasteiger partial charge in [0.2, 0.25) is 0 Å². The molecule has 1 atom stereocenters. The van der Waals surface area contributed by atoms with Crippen LogP contribution in [0, 0.1) is 0 Å². The van der Waals surface area contributed by atoms with Crippen molar-refractivity contribution in [2.24, 2.45) is 0 Å². The van der Waals surface area contributed by atoms with Crippen molar-refractivity contribution in [3.63, 3.8) is 0 Å². The number of hydrogen-bond acceptors (Lipinski definition) is 2. The summed E-state index contributed by atoms with van der Waals surface area (Å²) >= 11 is 1.23. The van der Waals surface area contributed by atoms with Crippen molar-refractivity contribution < 1.29 is 7.48 Å².